The van der Waals surface area contributed by atoms with Crippen molar-refractivity contribution >= 4 is 27.3 Å². The largest absolute Gasteiger partial charge is 0.310 e. The molecular weight excluding hydrogens is 308 g/mol. The number of aromatic nitrogens is 1. The summed E-state index contributed by atoms with van der Waals surface area (Å²) in [7, 11) is 0. The van der Waals surface area contributed by atoms with Crippen LogP contribution in [-0.4, -0.2) is 11.5 Å². The lowest BCUT2D eigenvalue weighted by Crippen LogP contribution is -2.24. The van der Waals surface area contributed by atoms with Crippen molar-refractivity contribution in [1.29, 1.82) is 0 Å². The molecule has 2 nitrogen and oxygen atoms in total. The van der Waals surface area contributed by atoms with Gasteiger partial charge in [-0.1, -0.05) is 13.0 Å². The zero-order chi connectivity index (χ0) is 12.8. The maximum absolute atomic E-state index is 4.41. The van der Waals surface area contributed by atoms with Crippen LogP contribution < -0.4 is 5.32 Å². The number of pyridine rings is 1. The Morgan fingerprint density at radius 1 is 1.44 bits per heavy atom. The Morgan fingerprint density at radius 2 is 2.33 bits per heavy atom. The standard InChI is InChI=1S/C14H17BrN2S/c1-2-6-17-13(11-8-14(15)18-10-11)9-12-5-3-4-7-16-12/h3-5,7-8,10,13,17H,2,6,9H2,1H3. The molecule has 0 amide bonds. The summed E-state index contributed by atoms with van der Waals surface area (Å²) < 4.78 is 1.18. The second-order valence-corrected chi connectivity index (χ2v) is 6.51. The van der Waals surface area contributed by atoms with Crippen LogP contribution in [0.25, 0.3) is 0 Å². The third-order valence-electron chi connectivity index (χ3n) is 2.77. The summed E-state index contributed by atoms with van der Waals surface area (Å²) >= 11 is 5.26. The SMILES string of the molecule is CCCNC(Cc1ccccn1)c1csc(Br)c1. The zero-order valence-corrected chi connectivity index (χ0v) is 12.8. The van der Waals surface area contributed by atoms with Crippen molar-refractivity contribution in [3.8, 4) is 0 Å². The quantitative estimate of drug-likeness (QED) is 0.861. The van der Waals surface area contributed by atoms with Gasteiger partial charge in [0.2, 0.25) is 0 Å². The summed E-state index contributed by atoms with van der Waals surface area (Å²) in [5.74, 6) is 0. The van der Waals surface area contributed by atoms with Crippen LogP contribution in [0.5, 0.6) is 0 Å². The van der Waals surface area contributed by atoms with Crippen LogP contribution in [0.15, 0.2) is 39.6 Å². The summed E-state index contributed by atoms with van der Waals surface area (Å²) in [4.78, 5) is 4.41. The second-order valence-electron chi connectivity index (χ2n) is 4.22. The first-order valence-corrected chi connectivity index (χ1v) is 7.84. The minimum absolute atomic E-state index is 0.349. The normalized spacial score (nSPS) is 12.6. The van der Waals surface area contributed by atoms with E-state index in [2.05, 4.69) is 50.7 Å². The molecule has 96 valence electrons. The molecule has 0 saturated heterocycles. The van der Waals surface area contributed by atoms with Gasteiger partial charge < -0.3 is 5.32 Å². The topological polar surface area (TPSA) is 24.9 Å². The number of thiophene rings is 1. The molecule has 2 aromatic heterocycles. The van der Waals surface area contributed by atoms with E-state index in [1.807, 2.05) is 18.3 Å². The number of rotatable bonds is 6. The molecule has 0 saturated carbocycles. The number of hydrogen-bond donors (Lipinski definition) is 1. The van der Waals surface area contributed by atoms with Crippen LogP contribution >= 0.6 is 27.3 Å². The maximum atomic E-state index is 4.41. The molecule has 0 aliphatic rings. The van der Waals surface area contributed by atoms with E-state index >= 15 is 0 Å². The second kappa shape index (κ2) is 7.02. The van der Waals surface area contributed by atoms with Crippen LogP contribution in [-0.2, 0) is 6.42 Å². The van der Waals surface area contributed by atoms with Gasteiger partial charge in [-0.2, -0.15) is 0 Å². The summed E-state index contributed by atoms with van der Waals surface area (Å²) in [6.45, 7) is 3.22. The predicted molar refractivity (Wildman–Crippen MR) is 81.0 cm³/mol. The van der Waals surface area contributed by atoms with Gasteiger partial charge >= 0.3 is 0 Å². The molecule has 4 heteroatoms. The molecule has 2 rings (SSSR count). The molecule has 18 heavy (non-hydrogen) atoms. The predicted octanol–water partition coefficient (Wildman–Crippen LogP) is 4.19. The fraction of sp³-hybridized carbons (Fsp3) is 0.357. The molecule has 1 N–H and O–H groups in total. The summed E-state index contributed by atoms with van der Waals surface area (Å²) in [5, 5.41) is 5.80. The first-order valence-electron chi connectivity index (χ1n) is 6.17. The molecule has 0 aromatic carbocycles. The van der Waals surface area contributed by atoms with Gasteiger partial charge in [-0.15, -0.1) is 11.3 Å². The number of nitrogens with zero attached hydrogens (tertiary/aromatic N) is 1. The first kappa shape index (κ1) is 13.7. The minimum Gasteiger partial charge on any atom is -0.310 e. The lowest BCUT2D eigenvalue weighted by Gasteiger charge is -2.17. The molecule has 0 aliphatic carbocycles. The summed E-state index contributed by atoms with van der Waals surface area (Å²) in [6.07, 6.45) is 3.93. The summed E-state index contributed by atoms with van der Waals surface area (Å²) in [5.41, 5.74) is 2.47. The van der Waals surface area contributed by atoms with E-state index in [-0.39, 0.29) is 0 Å². The molecule has 2 aromatic rings. The number of hydrogen-bond acceptors (Lipinski definition) is 3. The van der Waals surface area contributed by atoms with Crippen molar-refractivity contribution in [2.24, 2.45) is 0 Å². The fourth-order valence-electron chi connectivity index (χ4n) is 1.86. The maximum Gasteiger partial charge on any atom is 0.0701 e. The fourth-order valence-corrected chi connectivity index (χ4v) is 3.09. The lowest BCUT2D eigenvalue weighted by atomic mass is 10.0. The summed E-state index contributed by atoms with van der Waals surface area (Å²) in [6, 6.07) is 8.63. The Kier molecular flexibility index (Phi) is 5.35. The van der Waals surface area contributed by atoms with E-state index in [0.29, 0.717) is 6.04 Å². The molecule has 1 atom stereocenters. The van der Waals surface area contributed by atoms with Crippen LogP contribution in [0.1, 0.15) is 30.6 Å². The average molecular weight is 325 g/mol. The van der Waals surface area contributed by atoms with E-state index in [9.17, 15) is 0 Å². The Hall–Kier alpha value is -0.710. The Bertz CT molecular complexity index is 470. The average Bonchev–Trinajstić information content (AvgIpc) is 2.82. The zero-order valence-electron chi connectivity index (χ0n) is 10.4. The van der Waals surface area contributed by atoms with Crippen molar-refractivity contribution < 1.29 is 0 Å². The van der Waals surface area contributed by atoms with Gasteiger partial charge in [-0.25, -0.2) is 0 Å². The Balaban J connectivity index is 2.10. The van der Waals surface area contributed by atoms with Crippen molar-refractivity contribution in [2.75, 3.05) is 6.54 Å². The van der Waals surface area contributed by atoms with Crippen LogP contribution in [0.2, 0.25) is 0 Å². The van der Waals surface area contributed by atoms with Gasteiger partial charge in [0.25, 0.3) is 0 Å². The van der Waals surface area contributed by atoms with E-state index in [4.69, 9.17) is 0 Å². The third kappa shape index (κ3) is 3.90. The third-order valence-corrected chi connectivity index (χ3v) is 4.29. The highest BCUT2D eigenvalue weighted by Crippen LogP contribution is 2.27. The molecule has 0 spiro atoms. The smallest absolute Gasteiger partial charge is 0.0701 e. The minimum atomic E-state index is 0.349. The number of nitrogens with one attached hydrogen (secondary N) is 1. The van der Waals surface area contributed by atoms with E-state index in [1.54, 1.807) is 11.3 Å². The van der Waals surface area contributed by atoms with Crippen molar-refractivity contribution in [3.63, 3.8) is 0 Å². The van der Waals surface area contributed by atoms with Gasteiger partial charge in [0, 0.05) is 24.4 Å². The van der Waals surface area contributed by atoms with Crippen LogP contribution in [0.3, 0.4) is 0 Å². The van der Waals surface area contributed by atoms with Gasteiger partial charge in [-0.3, -0.25) is 4.98 Å². The molecular formula is C14H17BrN2S. The van der Waals surface area contributed by atoms with Crippen molar-refractivity contribution in [1.82, 2.24) is 10.3 Å². The molecule has 2 heterocycles. The highest BCUT2D eigenvalue weighted by atomic mass is 79.9. The van der Waals surface area contributed by atoms with Crippen LogP contribution in [0, 0.1) is 0 Å². The molecule has 0 fully saturated rings. The monoisotopic (exact) mass is 324 g/mol. The molecule has 0 aliphatic heterocycles. The Morgan fingerprint density at radius 3 is 2.94 bits per heavy atom. The Labute approximate surface area is 121 Å². The highest BCUT2D eigenvalue weighted by Gasteiger charge is 2.13. The van der Waals surface area contributed by atoms with Gasteiger partial charge in [-0.05, 0) is 58.0 Å². The lowest BCUT2D eigenvalue weighted by molar-refractivity contribution is 0.525. The van der Waals surface area contributed by atoms with Gasteiger partial charge in [0.1, 0.15) is 0 Å². The van der Waals surface area contributed by atoms with Gasteiger partial charge in [0.05, 0.1) is 3.79 Å². The molecule has 0 radical (unpaired) electrons. The van der Waals surface area contributed by atoms with E-state index < -0.39 is 0 Å². The number of halogens is 1. The van der Waals surface area contributed by atoms with Crippen molar-refractivity contribution in [3.05, 3.63) is 50.9 Å². The van der Waals surface area contributed by atoms with E-state index in [1.165, 1.54) is 9.35 Å². The van der Waals surface area contributed by atoms with Crippen LogP contribution in [0.4, 0.5) is 0 Å². The van der Waals surface area contributed by atoms with Gasteiger partial charge in [0.15, 0.2) is 0 Å². The molecule has 0 bridgehead atoms. The molecule has 1 unspecified atom stereocenters. The first-order chi connectivity index (χ1) is 8.79. The van der Waals surface area contributed by atoms with Crippen molar-refractivity contribution in [2.45, 2.75) is 25.8 Å². The van der Waals surface area contributed by atoms with E-state index in [0.717, 1.165) is 25.1 Å². The highest BCUT2D eigenvalue weighted by molar-refractivity contribution is 9.11.